The van der Waals surface area contributed by atoms with Crippen molar-refractivity contribution >= 4 is 27.6 Å². The predicted octanol–water partition coefficient (Wildman–Crippen LogP) is 1.24. The van der Waals surface area contributed by atoms with Gasteiger partial charge in [-0.3, -0.25) is 0 Å². The van der Waals surface area contributed by atoms with Crippen molar-refractivity contribution in [2.24, 2.45) is 0 Å². The van der Waals surface area contributed by atoms with Crippen LogP contribution in [0.25, 0.3) is 0 Å². The second-order valence-electron chi connectivity index (χ2n) is 4.25. The fourth-order valence-electron chi connectivity index (χ4n) is 1.83. The summed E-state index contributed by atoms with van der Waals surface area (Å²) in [6.07, 6.45) is 0.465. The highest BCUT2D eigenvalue weighted by molar-refractivity contribution is 7.89. The number of rotatable bonds is 4. The van der Waals surface area contributed by atoms with Crippen molar-refractivity contribution in [2.45, 2.75) is 17.4 Å². The SMILES string of the molecule is O=C(O)c1cc(Cl)cc(S(=O)(=O)NC2CCOC2)c1F. The minimum absolute atomic E-state index is 0.174. The summed E-state index contributed by atoms with van der Waals surface area (Å²) in [7, 11) is -4.21. The molecule has 110 valence electrons. The van der Waals surface area contributed by atoms with Crippen LogP contribution in [0.4, 0.5) is 4.39 Å². The van der Waals surface area contributed by atoms with Crippen molar-refractivity contribution in [1.29, 1.82) is 0 Å². The van der Waals surface area contributed by atoms with Crippen LogP contribution in [0.15, 0.2) is 17.0 Å². The van der Waals surface area contributed by atoms with Gasteiger partial charge in [-0.25, -0.2) is 22.3 Å². The molecule has 2 rings (SSSR count). The van der Waals surface area contributed by atoms with E-state index in [0.717, 1.165) is 12.1 Å². The Morgan fingerprint density at radius 1 is 1.50 bits per heavy atom. The van der Waals surface area contributed by atoms with Gasteiger partial charge in [-0.05, 0) is 18.6 Å². The molecule has 1 aromatic rings. The molecule has 20 heavy (non-hydrogen) atoms. The molecule has 1 atom stereocenters. The fourth-order valence-corrected chi connectivity index (χ4v) is 3.49. The van der Waals surface area contributed by atoms with Crippen molar-refractivity contribution in [1.82, 2.24) is 4.72 Å². The molecule has 1 saturated heterocycles. The number of aromatic carboxylic acids is 1. The number of nitrogens with one attached hydrogen (secondary N) is 1. The lowest BCUT2D eigenvalue weighted by atomic mass is 10.2. The summed E-state index contributed by atoms with van der Waals surface area (Å²) in [5, 5.41) is 8.66. The Hall–Kier alpha value is -1.22. The van der Waals surface area contributed by atoms with Crippen LogP contribution in [-0.4, -0.2) is 38.7 Å². The lowest BCUT2D eigenvalue weighted by Crippen LogP contribution is -2.35. The Labute approximate surface area is 119 Å². The second kappa shape index (κ2) is 5.65. The number of carboxylic acids is 1. The quantitative estimate of drug-likeness (QED) is 0.869. The van der Waals surface area contributed by atoms with Gasteiger partial charge in [0.1, 0.15) is 4.90 Å². The van der Waals surface area contributed by atoms with Gasteiger partial charge in [0.2, 0.25) is 10.0 Å². The molecule has 0 bridgehead atoms. The number of carboxylic acid groups (broad SMARTS) is 1. The van der Waals surface area contributed by atoms with Gasteiger partial charge in [0, 0.05) is 17.7 Å². The van der Waals surface area contributed by atoms with Crippen molar-refractivity contribution < 1.29 is 27.4 Å². The van der Waals surface area contributed by atoms with Crippen LogP contribution in [0.1, 0.15) is 16.8 Å². The van der Waals surface area contributed by atoms with E-state index in [2.05, 4.69) is 4.72 Å². The van der Waals surface area contributed by atoms with E-state index < -0.39 is 38.3 Å². The van der Waals surface area contributed by atoms with Gasteiger partial charge < -0.3 is 9.84 Å². The molecule has 1 fully saturated rings. The van der Waals surface area contributed by atoms with E-state index in [1.807, 2.05) is 0 Å². The van der Waals surface area contributed by atoms with E-state index in [1.165, 1.54) is 0 Å². The lowest BCUT2D eigenvalue weighted by Gasteiger charge is -2.13. The molecular formula is C11H11ClFNO5S. The van der Waals surface area contributed by atoms with Gasteiger partial charge in [-0.1, -0.05) is 11.6 Å². The zero-order chi connectivity index (χ0) is 14.9. The van der Waals surface area contributed by atoms with Crippen molar-refractivity contribution in [3.05, 3.63) is 28.5 Å². The van der Waals surface area contributed by atoms with E-state index in [-0.39, 0.29) is 11.6 Å². The van der Waals surface area contributed by atoms with Crippen molar-refractivity contribution in [3.63, 3.8) is 0 Å². The highest BCUT2D eigenvalue weighted by atomic mass is 35.5. The lowest BCUT2D eigenvalue weighted by molar-refractivity contribution is 0.0691. The third-order valence-electron chi connectivity index (χ3n) is 2.78. The highest BCUT2D eigenvalue weighted by Crippen LogP contribution is 2.24. The maximum Gasteiger partial charge on any atom is 0.338 e. The Morgan fingerprint density at radius 3 is 2.75 bits per heavy atom. The zero-order valence-corrected chi connectivity index (χ0v) is 11.7. The van der Waals surface area contributed by atoms with E-state index in [1.54, 1.807) is 0 Å². The minimum Gasteiger partial charge on any atom is -0.478 e. The molecule has 9 heteroatoms. The van der Waals surface area contributed by atoms with Crippen molar-refractivity contribution in [2.75, 3.05) is 13.2 Å². The van der Waals surface area contributed by atoms with Gasteiger partial charge in [-0.2, -0.15) is 0 Å². The Morgan fingerprint density at radius 2 is 2.20 bits per heavy atom. The summed E-state index contributed by atoms with van der Waals surface area (Å²) in [5.41, 5.74) is -0.791. The Bertz CT molecular complexity index is 642. The molecule has 1 heterocycles. The second-order valence-corrected chi connectivity index (χ2v) is 6.37. The van der Waals surface area contributed by atoms with Gasteiger partial charge >= 0.3 is 5.97 Å². The van der Waals surface area contributed by atoms with Crippen molar-refractivity contribution in [3.8, 4) is 0 Å². The predicted molar refractivity (Wildman–Crippen MR) is 67.9 cm³/mol. The first-order valence-corrected chi connectivity index (χ1v) is 7.50. The summed E-state index contributed by atoms with van der Waals surface area (Å²) in [6.45, 7) is 0.596. The van der Waals surface area contributed by atoms with E-state index in [0.29, 0.717) is 13.0 Å². The Balaban J connectivity index is 2.42. The minimum atomic E-state index is -4.21. The molecule has 0 radical (unpaired) electrons. The number of hydrogen-bond donors (Lipinski definition) is 2. The molecule has 2 N–H and O–H groups in total. The van der Waals surface area contributed by atoms with Crippen LogP contribution >= 0.6 is 11.6 Å². The molecule has 0 saturated carbocycles. The normalized spacial score (nSPS) is 19.2. The summed E-state index contributed by atoms with van der Waals surface area (Å²) in [5.74, 6) is -2.93. The number of sulfonamides is 1. The number of hydrogen-bond acceptors (Lipinski definition) is 4. The molecular weight excluding hydrogens is 313 g/mol. The number of benzene rings is 1. The maximum atomic E-state index is 14.0. The number of carbonyl (C=O) groups is 1. The third-order valence-corrected chi connectivity index (χ3v) is 4.51. The molecule has 0 aliphatic carbocycles. The van der Waals surface area contributed by atoms with E-state index in [4.69, 9.17) is 21.4 Å². The van der Waals surface area contributed by atoms with Crippen LogP contribution in [0.3, 0.4) is 0 Å². The van der Waals surface area contributed by atoms with Crippen LogP contribution in [0.5, 0.6) is 0 Å². The fraction of sp³-hybridized carbons (Fsp3) is 0.364. The van der Waals surface area contributed by atoms with Crippen LogP contribution < -0.4 is 4.72 Å². The zero-order valence-electron chi connectivity index (χ0n) is 10.1. The average Bonchev–Trinajstić information content (AvgIpc) is 2.83. The first-order chi connectivity index (χ1) is 9.31. The average molecular weight is 324 g/mol. The summed E-state index contributed by atoms with van der Waals surface area (Å²) in [4.78, 5) is 10.1. The number of halogens is 2. The molecule has 1 aliphatic heterocycles. The van der Waals surface area contributed by atoms with E-state index in [9.17, 15) is 17.6 Å². The molecule has 0 spiro atoms. The summed E-state index contributed by atoms with van der Waals surface area (Å²) in [6, 6.07) is 1.27. The molecule has 1 unspecified atom stereocenters. The Kier molecular flexibility index (Phi) is 4.28. The molecule has 1 aromatic carbocycles. The monoisotopic (exact) mass is 323 g/mol. The summed E-state index contributed by atoms with van der Waals surface area (Å²) >= 11 is 5.64. The van der Waals surface area contributed by atoms with Crippen LogP contribution in [0.2, 0.25) is 5.02 Å². The van der Waals surface area contributed by atoms with Gasteiger partial charge in [0.25, 0.3) is 0 Å². The first-order valence-electron chi connectivity index (χ1n) is 5.63. The van der Waals surface area contributed by atoms with Gasteiger partial charge in [-0.15, -0.1) is 0 Å². The molecule has 6 nitrogen and oxygen atoms in total. The largest absolute Gasteiger partial charge is 0.478 e. The number of ether oxygens (including phenoxy) is 1. The van der Waals surface area contributed by atoms with E-state index >= 15 is 0 Å². The smallest absolute Gasteiger partial charge is 0.338 e. The van der Waals surface area contributed by atoms with Gasteiger partial charge in [0.05, 0.1) is 12.2 Å². The van der Waals surface area contributed by atoms with Crippen LogP contribution in [0, 0.1) is 5.82 Å². The molecule has 0 amide bonds. The first kappa shape index (κ1) is 15.2. The van der Waals surface area contributed by atoms with Crippen LogP contribution in [-0.2, 0) is 14.8 Å². The maximum absolute atomic E-state index is 14.0. The molecule has 1 aliphatic rings. The molecule has 0 aromatic heterocycles. The third kappa shape index (κ3) is 3.09. The topological polar surface area (TPSA) is 92.7 Å². The van der Waals surface area contributed by atoms with Gasteiger partial charge in [0.15, 0.2) is 5.82 Å². The standard InChI is InChI=1S/C11H11ClFNO5S/c12-6-3-8(11(15)16)10(13)9(4-6)20(17,18)14-7-1-2-19-5-7/h3-4,7,14H,1-2,5H2,(H,15,16). The highest BCUT2D eigenvalue weighted by Gasteiger charge is 2.28. The summed E-state index contributed by atoms with van der Waals surface area (Å²) < 4.78 is 45.4.